The molecule has 0 unspecified atom stereocenters. The quantitative estimate of drug-likeness (QED) is 0.806. The van der Waals surface area contributed by atoms with Crippen molar-refractivity contribution < 1.29 is 17.5 Å². The topological polar surface area (TPSA) is 72.4 Å². The normalized spacial score (nSPS) is 11.2. The van der Waals surface area contributed by atoms with Gasteiger partial charge in [0.2, 0.25) is 11.8 Å². The summed E-state index contributed by atoms with van der Waals surface area (Å²) in [5.41, 5.74) is 0. The van der Waals surface area contributed by atoms with Crippen molar-refractivity contribution in [1.82, 2.24) is 9.97 Å². The Hall–Kier alpha value is -1.93. The lowest BCUT2D eigenvalue weighted by molar-refractivity contribution is 0.393. The maximum atomic E-state index is 13.1. The van der Waals surface area contributed by atoms with Crippen LogP contribution in [0.2, 0.25) is 0 Å². The summed E-state index contributed by atoms with van der Waals surface area (Å²) in [5.74, 6) is -1.63. The first-order valence-corrected chi connectivity index (χ1v) is 7.07. The number of hydrogen-bond donors (Lipinski definition) is 0. The van der Waals surface area contributed by atoms with Gasteiger partial charge in [0.1, 0.15) is 0 Å². The fourth-order valence-corrected chi connectivity index (χ4v) is 2.79. The SMILES string of the molecule is COc1ncc(F)nc1N(Cl)S(=O)(=O)c1ccccc1. The molecule has 0 atom stereocenters. The van der Waals surface area contributed by atoms with E-state index in [1.165, 1.54) is 31.4 Å². The predicted molar refractivity (Wildman–Crippen MR) is 70.5 cm³/mol. The van der Waals surface area contributed by atoms with Crippen LogP contribution in [0.25, 0.3) is 0 Å². The molecule has 20 heavy (non-hydrogen) atoms. The van der Waals surface area contributed by atoms with Gasteiger partial charge in [-0.2, -0.15) is 21.6 Å². The van der Waals surface area contributed by atoms with Crippen molar-refractivity contribution in [3.8, 4) is 5.88 Å². The molecule has 1 aromatic heterocycles. The van der Waals surface area contributed by atoms with Gasteiger partial charge in [-0.05, 0) is 12.1 Å². The van der Waals surface area contributed by atoms with Crippen LogP contribution in [0.3, 0.4) is 0 Å². The molecule has 2 rings (SSSR count). The molecule has 0 saturated heterocycles. The third-order valence-corrected chi connectivity index (χ3v) is 4.47. The predicted octanol–water partition coefficient (Wildman–Crippen LogP) is 1.97. The summed E-state index contributed by atoms with van der Waals surface area (Å²) in [6.45, 7) is 0. The molecule has 0 aliphatic heterocycles. The highest BCUT2D eigenvalue weighted by Gasteiger charge is 2.28. The van der Waals surface area contributed by atoms with Gasteiger partial charge in [-0.15, -0.1) is 0 Å². The fraction of sp³-hybridized carbons (Fsp3) is 0.0909. The number of methoxy groups -OCH3 is 1. The number of halogens is 2. The number of sulfonamides is 1. The average molecular weight is 318 g/mol. The summed E-state index contributed by atoms with van der Waals surface area (Å²) in [6, 6.07) is 7.42. The Morgan fingerprint density at radius 2 is 1.95 bits per heavy atom. The molecule has 0 radical (unpaired) electrons. The third-order valence-electron chi connectivity index (χ3n) is 2.30. The fourth-order valence-electron chi connectivity index (χ4n) is 1.40. The minimum atomic E-state index is -4.09. The van der Waals surface area contributed by atoms with Gasteiger partial charge in [0.05, 0.1) is 18.2 Å². The zero-order chi connectivity index (χ0) is 14.8. The minimum Gasteiger partial charge on any atom is -0.478 e. The van der Waals surface area contributed by atoms with Crippen LogP contribution >= 0.6 is 11.8 Å². The maximum Gasteiger partial charge on any atom is 0.279 e. The molecular formula is C11H9ClFN3O3S. The number of nitrogens with zero attached hydrogens (tertiary/aromatic N) is 3. The van der Waals surface area contributed by atoms with Crippen LogP contribution in [-0.4, -0.2) is 25.5 Å². The van der Waals surface area contributed by atoms with Crippen molar-refractivity contribution in [2.24, 2.45) is 0 Å². The van der Waals surface area contributed by atoms with Crippen LogP contribution in [0.1, 0.15) is 0 Å². The first kappa shape index (κ1) is 14.5. The average Bonchev–Trinajstić information content (AvgIpc) is 2.47. The molecular weight excluding hydrogens is 309 g/mol. The van der Waals surface area contributed by atoms with E-state index < -0.39 is 21.8 Å². The highest BCUT2D eigenvalue weighted by Crippen LogP contribution is 2.30. The Morgan fingerprint density at radius 3 is 2.55 bits per heavy atom. The number of aromatic nitrogens is 2. The lowest BCUT2D eigenvalue weighted by atomic mass is 10.4. The molecule has 106 valence electrons. The van der Waals surface area contributed by atoms with Crippen LogP contribution in [0.4, 0.5) is 10.2 Å². The molecule has 0 amide bonds. The molecule has 0 fully saturated rings. The Labute approximate surface area is 120 Å². The highest BCUT2D eigenvalue weighted by molar-refractivity contribution is 7.94. The number of rotatable bonds is 4. The van der Waals surface area contributed by atoms with E-state index >= 15 is 0 Å². The lowest BCUT2D eigenvalue weighted by Crippen LogP contribution is -2.23. The van der Waals surface area contributed by atoms with Gasteiger partial charge in [-0.1, -0.05) is 18.2 Å². The second-order valence-electron chi connectivity index (χ2n) is 3.56. The van der Waals surface area contributed by atoms with Crippen LogP contribution < -0.4 is 8.56 Å². The van der Waals surface area contributed by atoms with Gasteiger partial charge in [-0.25, -0.2) is 4.98 Å². The molecule has 1 heterocycles. The van der Waals surface area contributed by atoms with E-state index in [1.807, 2.05) is 0 Å². The second kappa shape index (κ2) is 5.59. The molecule has 1 aromatic carbocycles. The van der Waals surface area contributed by atoms with Crippen LogP contribution in [0, 0.1) is 5.95 Å². The van der Waals surface area contributed by atoms with Gasteiger partial charge in [0, 0.05) is 11.8 Å². The molecule has 0 aliphatic carbocycles. The van der Waals surface area contributed by atoms with Crippen LogP contribution in [0.5, 0.6) is 5.88 Å². The van der Waals surface area contributed by atoms with Crippen LogP contribution in [-0.2, 0) is 10.0 Å². The van der Waals surface area contributed by atoms with Crippen molar-refractivity contribution >= 4 is 27.6 Å². The highest BCUT2D eigenvalue weighted by atomic mass is 35.5. The zero-order valence-electron chi connectivity index (χ0n) is 10.2. The van der Waals surface area contributed by atoms with E-state index in [1.54, 1.807) is 6.07 Å². The van der Waals surface area contributed by atoms with E-state index in [0.717, 1.165) is 6.20 Å². The molecule has 0 aliphatic rings. The van der Waals surface area contributed by atoms with E-state index in [9.17, 15) is 12.8 Å². The molecule has 0 N–H and O–H groups in total. The summed E-state index contributed by atoms with van der Waals surface area (Å²) >= 11 is 5.78. The number of ether oxygens (including phenoxy) is 1. The Kier molecular flexibility index (Phi) is 4.05. The van der Waals surface area contributed by atoms with E-state index in [4.69, 9.17) is 16.5 Å². The number of hydrogen-bond acceptors (Lipinski definition) is 5. The van der Waals surface area contributed by atoms with E-state index in [-0.39, 0.29) is 10.8 Å². The van der Waals surface area contributed by atoms with E-state index in [2.05, 4.69) is 9.97 Å². The largest absolute Gasteiger partial charge is 0.478 e. The Bertz CT molecular complexity index is 712. The molecule has 6 nitrogen and oxygen atoms in total. The summed E-state index contributed by atoms with van der Waals surface area (Å²) in [4.78, 5) is 6.90. The summed E-state index contributed by atoms with van der Waals surface area (Å²) in [5, 5.41) is 0. The standard InChI is InChI=1S/C11H9ClFN3O3S/c1-19-11-10(15-9(13)7-14-11)16(12)20(17,18)8-5-3-2-4-6-8/h2-7H,1H3. The van der Waals surface area contributed by atoms with E-state index in [0.29, 0.717) is 3.82 Å². The van der Waals surface area contributed by atoms with Crippen LogP contribution in [0.15, 0.2) is 41.4 Å². The first-order valence-electron chi connectivity index (χ1n) is 5.29. The van der Waals surface area contributed by atoms with Crippen molar-refractivity contribution in [2.45, 2.75) is 4.90 Å². The summed E-state index contributed by atoms with van der Waals surface area (Å²) in [7, 11) is -2.85. The number of benzene rings is 1. The lowest BCUT2D eigenvalue weighted by Gasteiger charge is -2.16. The van der Waals surface area contributed by atoms with Crippen molar-refractivity contribution in [3.05, 3.63) is 42.5 Å². The minimum absolute atomic E-state index is 0.0666. The Morgan fingerprint density at radius 1 is 1.30 bits per heavy atom. The molecule has 0 spiro atoms. The summed E-state index contributed by atoms with van der Waals surface area (Å²) in [6.07, 6.45) is 0.794. The first-order chi connectivity index (χ1) is 9.46. The molecule has 2 aromatic rings. The van der Waals surface area contributed by atoms with Gasteiger partial charge >= 0.3 is 0 Å². The molecule has 9 heteroatoms. The Balaban J connectivity index is 2.51. The monoisotopic (exact) mass is 317 g/mol. The van der Waals surface area contributed by atoms with Gasteiger partial charge in [0.25, 0.3) is 15.9 Å². The summed E-state index contributed by atoms with van der Waals surface area (Å²) < 4.78 is 42.8. The zero-order valence-corrected chi connectivity index (χ0v) is 11.8. The van der Waals surface area contributed by atoms with Crippen molar-refractivity contribution in [3.63, 3.8) is 0 Å². The van der Waals surface area contributed by atoms with Crippen molar-refractivity contribution in [1.29, 1.82) is 0 Å². The number of anilines is 1. The maximum absolute atomic E-state index is 13.1. The van der Waals surface area contributed by atoms with Gasteiger partial charge in [-0.3, -0.25) is 0 Å². The molecule has 0 bridgehead atoms. The van der Waals surface area contributed by atoms with Crippen molar-refractivity contribution in [2.75, 3.05) is 10.9 Å². The second-order valence-corrected chi connectivity index (χ2v) is 5.88. The van der Waals surface area contributed by atoms with Gasteiger partial charge < -0.3 is 4.74 Å². The van der Waals surface area contributed by atoms with Gasteiger partial charge in [0.15, 0.2) is 0 Å². The molecule has 0 saturated carbocycles. The smallest absolute Gasteiger partial charge is 0.279 e. The third kappa shape index (κ3) is 2.66.